The van der Waals surface area contributed by atoms with Gasteiger partial charge < -0.3 is 4.42 Å². The molecule has 0 aliphatic rings. The molecule has 0 spiro atoms. The van der Waals surface area contributed by atoms with Crippen molar-refractivity contribution in [2.45, 2.75) is 20.4 Å². The molecule has 3 heteroatoms. The summed E-state index contributed by atoms with van der Waals surface area (Å²) in [6.45, 7) is 5.53. The van der Waals surface area contributed by atoms with Gasteiger partial charge in [0.15, 0.2) is 0 Å². The standard InChI is InChI=1S/C19H18FNO.C2H6/c1-21(12-6-8-15-7-2-4-10-18(15)20)13-16-14-22-19-11-5-3-9-17(16)19;1-2/h2-11,14H,12-13H2,1H3;1-2H3/b8-6+;. The fourth-order valence-electron chi connectivity index (χ4n) is 2.48. The van der Waals surface area contributed by atoms with Crippen molar-refractivity contribution in [2.24, 2.45) is 0 Å². The number of benzene rings is 2. The Hall–Kier alpha value is -2.39. The van der Waals surface area contributed by atoms with Gasteiger partial charge in [-0.05, 0) is 19.2 Å². The van der Waals surface area contributed by atoms with Gasteiger partial charge in [-0.15, -0.1) is 0 Å². The van der Waals surface area contributed by atoms with Crippen molar-refractivity contribution in [3.8, 4) is 0 Å². The SMILES string of the molecule is CC.CN(C/C=C/c1ccccc1F)Cc1coc2ccccc12. The van der Waals surface area contributed by atoms with Crippen LogP contribution in [0.4, 0.5) is 4.39 Å². The highest BCUT2D eigenvalue weighted by molar-refractivity contribution is 5.80. The van der Waals surface area contributed by atoms with Gasteiger partial charge in [0.05, 0.1) is 6.26 Å². The lowest BCUT2D eigenvalue weighted by molar-refractivity contribution is 0.363. The molecule has 24 heavy (non-hydrogen) atoms. The number of hydrogen-bond acceptors (Lipinski definition) is 2. The third-order valence-electron chi connectivity index (χ3n) is 3.62. The maximum atomic E-state index is 13.5. The summed E-state index contributed by atoms with van der Waals surface area (Å²) in [6.07, 6.45) is 5.60. The van der Waals surface area contributed by atoms with Crippen LogP contribution in [0.2, 0.25) is 0 Å². The van der Waals surface area contributed by atoms with Crippen molar-refractivity contribution in [1.82, 2.24) is 4.90 Å². The van der Waals surface area contributed by atoms with Crippen LogP contribution in [0.3, 0.4) is 0 Å². The lowest BCUT2D eigenvalue weighted by atomic mass is 10.1. The van der Waals surface area contributed by atoms with E-state index in [2.05, 4.69) is 11.0 Å². The highest BCUT2D eigenvalue weighted by atomic mass is 19.1. The van der Waals surface area contributed by atoms with E-state index in [0.717, 1.165) is 29.6 Å². The summed E-state index contributed by atoms with van der Waals surface area (Å²) in [5.74, 6) is -0.192. The zero-order chi connectivity index (χ0) is 17.4. The molecular formula is C21H24FNO. The van der Waals surface area contributed by atoms with Gasteiger partial charge in [-0.2, -0.15) is 0 Å². The molecule has 1 heterocycles. The number of fused-ring (bicyclic) bond motifs is 1. The predicted molar refractivity (Wildman–Crippen MR) is 99.3 cm³/mol. The molecule has 2 nitrogen and oxygen atoms in total. The Labute approximate surface area is 143 Å². The number of nitrogens with zero attached hydrogens (tertiary/aromatic N) is 1. The minimum Gasteiger partial charge on any atom is -0.464 e. The van der Waals surface area contributed by atoms with Crippen LogP contribution in [0.1, 0.15) is 25.0 Å². The van der Waals surface area contributed by atoms with Crippen molar-refractivity contribution in [2.75, 3.05) is 13.6 Å². The van der Waals surface area contributed by atoms with E-state index in [4.69, 9.17) is 4.42 Å². The highest BCUT2D eigenvalue weighted by Gasteiger charge is 2.06. The first-order chi connectivity index (χ1) is 11.7. The molecule has 0 saturated carbocycles. The van der Waals surface area contributed by atoms with Crippen molar-refractivity contribution in [3.05, 3.63) is 77.8 Å². The molecule has 0 radical (unpaired) electrons. The fourth-order valence-corrected chi connectivity index (χ4v) is 2.48. The maximum Gasteiger partial charge on any atom is 0.134 e. The third kappa shape index (κ3) is 4.56. The molecule has 0 unspecified atom stereocenters. The quantitative estimate of drug-likeness (QED) is 0.594. The Bertz CT molecular complexity index is 791. The second-order valence-electron chi connectivity index (χ2n) is 5.38. The van der Waals surface area contributed by atoms with Crippen LogP contribution in [-0.4, -0.2) is 18.5 Å². The van der Waals surface area contributed by atoms with Crippen molar-refractivity contribution in [3.63, 3.8) is 0 Å². The number of halogens is 1. The normalized spacial score (nSPS) is 11.0. The molecule has 3 aromatic rings. The van der Waals surface area contributed by atoms with Gasteiger partial charge in [-0.1, -0.05) is 62.4 Å². The summed E-state index contributed by atoms with van der Waals surface area (Å²) >= 11 is 0. The van der Waals surface area contributed by atoms with Gasteiger partial charge in [0.25, 0.3) is 0 Å². The first-order valence-electron chi connectivity index (χ1n) is 8.29. The van der Waals surface area contributed by atoms with Crippen LogP contribution in [0.5, 0.6) is 0 Å². The molecule has 0 atom stereocenters. The average molecular weight is 325 g/mol. The molecule has 2 aromatic carbocycles. The van der Waals surface area contributed by atoms with Gasteiger partial charge in [-0.25, -0.2) is 4.39 Å². The van der Waals surface area contributed by atoms with E-state index < -0.39 is 0 Å². The highest BCUT2D eigenvalue weighted by Crippen LogP contribution is 2.21. The van der Waals surface area contributed by atoms with Gasteiger partial charge in [-0.3, -0.25) is 4.90 Å². The van der Waals surface area contributed by atoms with Crippen molar-refractivity contribution >= 4 is 17.0 Å². The molecule has 126 valence electrons. The van der Waals surface area contributed by atoms with Crippen molar-refractivity contribution < 1.29 is 8.81 Å². The molecule has 0 amide bonds. The average Bonchev–Trinajstić information content (AvgIpc) is 3.01. The second-order valence-corrected chi connectivity index (χ2v) is 5.38. The summed E-state index contributed by atoms with van der Waals surface area (Å²) in [5, 5.41) is 1.15. The molecule has 3 rings (SSSR count). The minimum absolute atomic E-state index is 0.192. The lowest BCUT2D eigenvalue weighted by Crippen LogP contribution is -2.17. The van der Waals surface area contributed by atoms with Crippen LogP contribution in [0.15, 0.2) is 65.3 Å². The lowest BCUT2D eigenvalue weighted by Gasteiger charge is -2.13. The first kappa shape index (κ1) is 18.0. The first-order valence-corrected chi connectivity index (χ1v) is 8.29. The predicted octanol–water partition coefficient (Wildman–Crippen LogP) is 5.74. The Balaban J connectivity index is 0.00000100. The van der Waals surface area contributed by atoms with Crippen LogP contribution < -0.4 is 0 Å². The van der Waals surface area contributed by atoms with Crippen LogP contribution in [0, 0.1) is 5.82 Å². The van der Waals surface area contributed by atoms with E-state index in [0.29, 0.717) is 5.56 Å². The number of likely N-dealkylation sites (N-methyl/N-ethyl adjacent to an activating group) is 1. The van der Waals surface area contributed by atoms with E-state index in [9.17, 15) is 4.39 Å². The smallest absolute Gasteiger partial charge is 0.134 e. The van der Waals surface area contributed by atoms with Crippen molar-refractivity contribution in [1.29, 1.82) is 0 Å². The second kappa shape index (κ2) is 9.04. The molecule has 1 aromatic heterocycles. The zero-order valence-electron chi connectivity index (χ0n) is 14.5. The topological polar surface area (TPSA) is 16.4 Å². The summed E-state index contributed by atoms with van der Waals surface area (Å²) in [7, 11) is 2.04. The Morgan fingerprint density at radius 2 is 1.75 bits per heavy atom. The van der Waals surface area contributed by atoms with Gasteiger partial charge >= 0.3 is 0 Å². The summed E-state index contributed by atoms with van der Waals surface area (Å²) in [6, 6.07) is 14.8. The largest absolute Gasteiger partial charge is 0.464 e. The molecule has 0 fully saturated rings. The maximum absolute atomic E-state index is 13.5. The zero-order valence-corrected chi connectivity index (χ0v) is 14.5. The fraction of sp³-hybridized carbons (Fsp3) is 0.238. The van der Waals surface area contributed by atoms with E-state index >= 15 is 0 Å². The molecule has 0 aliphatic heterocycles. The van der Waals surface area contributed by atoms with E-state index in [1.54, 1.807) is 12.1 Å². The van der Waals surface area contributed by atoms with Gasteiger partial charge in [0, 0.05) is 29.6 Å². The number of hydrogen-bond donors (Lipinski definition) is 0. The Morgan fingerprint density at radius 3 is 2.54 bits per heavy atom. The molecule has 0 N–H and O–H groups in total. The third-order valence-corrected chi connectivity index (χ3v) is 3.62. The van der Waals surface area contributed by atoms with E-state index in [1.165, 1.54) is 6.07 Å². The molecule has 0 bridgehead atoms. The molecule has 0 aliphatic carbocycles. The number of furan rings is 1. The van der Waals surface area contributed by atoms with E-state index in [-0.39, 0.29) is 5.82 Å². The molecule has 0 saturated heterocycles. The molecular weight excluding hydrogens is 301 g/mol. The summed E-state index contributed by atoms with van der Waals surface area (Å²) < 4.78 is 19.1. The van der Waals surface area contributed by atoms with Crippen LogP contribution in [-0.2, 0) is 6.54 Å². The van der Waals surface area contributed by atoms with Crippen LogP contribution >= 0.6 is 0 Å². The van der Waals surface area contributed by atoms with Gasteiger partial charge in [0.1, 0.15) is 11.4 Å². The summed E-state index contributed by atoms with van der Waals surface area (Å²) in [5.41, 5.74) is 2.69. The Morgan fingerprint density at radius 1 is 1.04 bits per heavy atom. The van der Waals surface area contributed by atoms with Crippen LogP contribution in [0.25, 0.3) is 17.0 Å². The summed E-state index contributed by atoms with van der Waals surface area (Å²) in [4.78, 5) is 2.16. The Kier molecular flexibility index (Phi) is 6.76. The monoisotopic (exact) mass is 325 g/mol. The van der Waals surface area contributed by atoms with E-state index in [1.807, 2.05) is 63.6 Å². The number of rotatable bonds is 5. The minimum atomic E-state index is -0.192. The number of para-hydroxylation sites is 1. The van der Waals surface area contributed by atoms with Gasteiger partial charge in [0.2, 0.25) is 0 Å².